The summed E-state index contributed by atoms with van der Waals surface area (Å²) in [5.41, 5.74) is 0.534. The van der Waals surface area contributed by atoms with Crippen molar-refractivity contribution in [3.8, 4) is 0 Å². The summed E-state index contributed by atoms with van der Waals surface area (Å²) >= 11 is 4.81. The van der Waals surface area contributed by atoms with Crippen LogP contribution in [0, 0.1) is 116 Å². The third-order valence-corrected chi connectivity index (χ3v) is 24.8. The molecule has 8 aliphatic carbocycles. The zero-order valence-corrected chi connectivity index (χ0v) is 54.6. The topological polar surface area (TPSA) is 160 Å². The van der Waals surface area contributed by atoms with Crippen LogP contribution in [0.4, 0.5) is 9.59 Å². The maximum absolute atomic E-state index is 12.3. The van der Waals surface area contributed by atoms with Gasteiger partial charge in [-0.2, -0.15) is 0 Å². The van der Waals surface area contributed by atoms with Gasteiger partial charge in [0.25, 0.3) is 0 Å². The molecule has 0 aromatic heterocycles. The number of aliphatic hydroxyl groups excluding tert-OH is 2. The van der Waals surface area contributed by atoms with Crippen LogP contribution in [0.5, 0.6) is 0 Å². The van der Waals surface area contributed by atoms with E-state index >= 15 is 0 Å². The Kier molecular flexibility index (Phi) is 25.3. The number of carbonyl (C=O) groups is 4. The number of halogens is 1. The normalized spacial score (nSPS) is 41.2. The average molecular weight is 1150 g/mol. The molecule has 12 heteroatoms. The molecule has 0 heterocycles. The van der Waals surface area contributed by atoms with Gasteiger partial charge in [0.15, 0.2) is 0 Å². The van der Waals surface area contributed by atoms with E-state index in [1.54, 1.807) is 27.7 Å². The molecule has 0 saturated heterocycles. The number of fused-ring (bicyclic) bond motifs is 10. The van der Waals surface area contributed by atoms with Crippen LogP contribution in [0.1, 0.15) is 246 Å². The van der Waals surface area contributed by atoms with Crippen molar-refractivity contribution in [1.82, 2.24) is 4.90 Å². The predicted octanol–water partition coefficient (Wildman–Crippen LogP) is 16.9. The largest absolute Gasteiger partial charge is 0.516 e. The van der Waals surface area contributed by atoms with Crippen molar-refractivity contribution in [3.63, 3.8) is 0 Å². The Hall–Kier alpha value is -1.95. The smallest absolute Gasteiger partial charge is 0.481 e. The van der Waals surface area contributed by atoms with E-state index in [0.717, 1.165) is 37.5 Å². The highest BCUT2D eigenvalue weighted by molar-refractivity contribution is 6.61. The number of nitrogens with zero attached hydrogens (tertiary/aromatic N) is 1. The van der Waals surface area contributed by atoms with Crippen LogP contribution in [-0.2, 0) is 23.8 Å². The lowest BCUT2D eigenvalue weighted by atomic mass is 9.41. The number of carboxylic acid groups (broad SMARTS) is 1. The molecule has 22 atom stereocenters. The molecular weight excluding hydrogens is 1030 g/mol. The van der Waals surface area contributed by atoms with Crippen LogP contribution in [0.25, 0.3) is 0 Å². The quantitative estimate of drug-likeness (QED) is 0.0814. The number of hydrogen-bond acceptors (Lipinski definition) is 10. The number of carboxylic acids is 1. The lowest BCUT2D eigenvalue weighted by molar-refractivity contribution is -0.198. The van der Waals surface area contributed by atoms with Gasteiger partial charge in [-0.05, 0) is 254 Å². The van der Waals surface area contributed by atoms with Crippen molar-refractivity contribution in [2.24, 2.45) is 116 Å². The van der Waals surface area contributed by atoms with Crippen LogP contribution in [0.2, 0.25) is 0 Å². The second-order valence-corrected chi connectivity index (χ2v) is 29.8. The van der Waals surface area contributed by atoms with E-state index in [9.17, 15) is 34.5 Å². The van der Waals surface area contributed by atoms with Crippen molar-refractivity contribution in [2.75, 3.05) is 19.6 Å². The van der Waals surface area contributed by atoms with Gasteiger partial charge in [0, 0.05) is 24.4 Å². The van der Waals surface area contributed by atoms with Crippen molar-refractivity contribution < 1.29 is 48.7 Å². The minimum Gasteiger partial charge on any atom is -0.481 e. The van der Waals surface area contributed by atoms with E-state index in [4.69, 9.17) is 21.1 Å². The number of aliphatic hydroxyl groups is 2. The molecule has 0 spiro atoms. The van der Waals surface area contributed by atoms with E-state index in [0.29, 0.717) is 100 Å². The molecule has 0 amide bonds. The fourth-order valence-electron chi connectivity index (χ4n) is 20.6. The molecule has 8 fully saturated rings. The predicted molar refractivity (Wildman–Crippen MR) is 323 cm³/mol. The molecule has 0 aliphatic heterocycles. The third-order valence-electron chi connectivity index (χ3n) is 24.7. The van der Waals surface area contributed by atoms with Gasteiger partial charge in [-0.15, -0.1) is 0 Å². The first kappa shape index (κ1) is 68.8. The summed E-state index contributed by atoms with van der Waals surface area (Å²) in [7, 11) is 0. The Morgan fingerprint density at radius 2 is 0.912 bits per heavy atom. The van der Waals surface area contributed by atoms with E-state index < -0.39 is 23.5 Å². The van der Waals surface area contributed by atoms with Gasteiger partial charge in [0.1, 0.15) is 0 Å². The fraction of sp³-hybridized carbons (Fsp3) is 0.941. The maximum atomic E-state index is 12.3. The van der Waals surface area contributed by atoms with E-state index in [1.807, 2.05) is 0 Å². The highest BCUT2D eigenvalue weighted by atomic mass is 35.5. The highest BCUT2D eigenvalue weighted by Gasteiger charge is 2.66. The highest BCUT2D eigenvalue weighted by Crippen LogP contribution is 2.72. The molecule has 8 aliphatic rings. The molecule has 0 unspecified atom stereocenters. The molecule has 0 aromatic rings. The number of aliphatic carboxylic acids is 1. The maximum Gasteiger partial charge on any atom is 0.516 e. The minimum absolute atomic E-state index is 0.106. The Labute approximate surface area is 493 Å². The van der Waals surface area contributed by atoms with Gasteiger partial charge in [-0.3, -0.25) is 9.59 Å². The summed E-state index contributed by atoms with van der Waals surface area (Å²) in [6.45, 7) is 41.3. The van der Waals surface area contributed by atoms with Gasteiger partial charge in [-0.25, -0.2) is 9.59 Å². The lowest BCUT2D eigenvalue weighted by Crippen LogP contribution is -2.61. The molecule has 464 valence electrons. The van der Waals surface area contributed by atoms with Crippen LogP contribution in [-0.4, -0.2) is 87.8 Å². The van der Waals surface area contributed by atoms with Crippen molar-refractivity contribution in [3.05, 3.63) is 0 Å². The van der Waals surface area contributed by atoms with Crippen molar-refractivity contribution >= 4 is 35.1 Å². The average Bonchev–Trinajstić information content (AvgIpc) is 3.20. The first-order chi connectivity index (χ1) is 37.5. The molecule has 8 saturated carbocycles. The van der Waals surface area contributed by atoms with Gasteiger partial charge in [0.2, 0.25) is 0 Å². The van der Waals surface area contributed by atoms with Crippen molar-refractivity contribution in [2.45, 2.75) is 271 Å². The molecular formula is C68H120ClNO10. The Balaban J connectivity index is 0.000000240. The van der Waals surface area contributed by atoms with Crippen LogP contribution in [0.3, 0.4) is 0 Å². The number of esters is 1. The molecule has 80 heavy (non-hydrogen) atoms. The molecule has 0 aromatic carbocycles. The standard InChI is InChI=1S/C31H52O5.C27H46O3.C6H15N.C4H7ClO2/c1-8-21-25-17-19(4)13-15-31(25,7)24-14-16-30(6)22(10-11-23(30)27(24)28(21)33)20(5)9-12-26(32)36-29(34)35-18(2)3;1-6-18-22-15-16(2)11-13-27(22,5)21-12-14-26(4)19(17(3)7-10-23(28)29)8-9-20(26)24(21)25(18)30;1-4-7(5-2)6-3;1-3(2)7-4(5)6/h18-25,27-28,33H,8-17H2,1-7H3;16-22,24-25,30H,6-15H2,1-5H3,(H,28,29);4-6H2,1-3H3;3H,1-2H3/t19-,20-,21-,22-,23+,24+,25+,27+,28-,30-,31-;16-,17-,18-,19-,20+,21+,22+,24+,25-,26-,27-;;/m11../s1. The van der Waals surface area contributed by atoms with Crippen molar-refractivity contribution in [1.29, 1.82) is 0 Å². The summed E-state index contributed by atoms with van der Waals surface area (Å²) < 4.78 is 14.2. The molecule has 8 rings (SSSR count). The molecule has 0 bridgehead atoms. The van der Waals surface area contributed by atoms with Gasteiger partial charge >= 0.3 is 23.5 Å². The van der Waals surface area contributed by atoms with Crippen LogP contribution in [0.15, 0.2) is 0 Å². The zero-order chi connectivity index (χ0) is 59.8. The Morgan fingerprint density at radius 1 is 0.537 bits per heavy atom. The zero-order valence-electron chi connectivity index (χ0n) is 53.8. The summed E-state index contributed by atoms with van der Waals surface area (Å²) in [5.74, 6) is 8.07. The molecule has 3 N–H and O–H groups in total. The molecule has 0 radical (unpaired) electrons. The second-order valence-electron chi connectivity index (χ2n) is 29.5. The number of rotatable bonds is 15. The fourth-order valence-corrected chi connectivity index (χ4v) is 20.8. The van der Waals surface area contributed by atoms with Gasteiger partial charge in [-0.1, -0.05) is 116 Å². The van der Waals surface area contributed by atoms with E-state index in [2.05, 4.69) is 99.6 Å². The monoisotopic (exact) mass is 1150 g/mol. The first-order valence-electron chi connectivity index (χ1n) is 33.1. The third kappa shape index (κ3) is 15.2. The Bertz CT molecular complexity index is 1970. The molecule has 11 nitrogen and oxygen atoms in total. The number of ether oxygens (including phenoxy) is 3. The number of hydrogen-bond donors (Lipinski definition) is 3. The summed E-state index contributed by atoms with van der Waals surface area (Å²) in [6.07, 6.45) is 20.5. The minimum atomic E-state index is -0.894. The SMILES string of the molecule is CC(C)OC(=O)Cl.CCN(CC)CC.CC[C@H]1[C@@H](O)[C@@H]2[C@H](CC[C@]3(C)[C@@H]([C@H](C)CCC(=O)O)CC[C@@H]23)[C@@]2(C)CC[C@@H](C)C[C@@H]12.CC[C@H]1[C@@H](O)[C@@H]2[C@H](CC[C@]3(C)[C@@H]([C@H](C)CCC(=O)OC(=O)OC(C)C)CC[C@@H]23)[C@@]2(C)CC[C@@H](C)C[C@@H]12. The summed E-state index contributed by atoms with van der Waals surface area (Å²) in [6, 6.07) is 0. The van der Waals surface area contributed by atoms with E-state index in [1.165, 1.54) is 110 Å². The second kappa shape index (κ2) is 29.4. The van der Waals surface area contributed by atoms with E-state index in [-0.39, 0.29) is 41.7 Å². The first-order valence-corrected chi connectivity index (χ1v) is 33.5. The van der Waals surface area contributed by atoms with Crippen LogP contribution < -0.4 is 0 Å². The number of carbonyl (C=O) groups excluding carboxylic acids is 3. The van der Waals surface area contributed by atoms with Gasteiger partial charge in [0.05, 0.1) is 24.4 Å². The van der Waals surface area contributed by atoms with Crippen LogP contribution >= 0.6 is 11.6 Å². The van der Waals surface area contributed by atoms with Gasteiger partial charge < -0.3 is 34.4 Å². The summed E-state index contributed by atoms with van der Waals surface area (Å²) in [4.78, 5) is 47.2. The Morgan fingerprint density at radius 3 is 1.24 bits per heavy atom. The lowest BCUT2D eigenvalue weighted by Gasteiger charge is -2.65. The summed E-state index contributed by atoms with van der Waals surface area (Å²) in [5, 5.41) is 32.9.